The quantitative estimate of drug-likeness (QED) is 0.617. The average Bonchev–Trinajstić information content (AvgIpc) is 2.62. The lowest BCUT2D eigenvalue weighted by molar-refractivity contribution is -0.139. The number of nitrogens with zero attached hydrogens (tertiary/aromatic N) is 2. The summed E-state index contributed by atoms with van der Waals surface area (Å²) in [7, 11) is 1.22. The van der Waals surface area contributed by atoms with Crippen LogP contribution in [0.3, 0.4) is 0 Å². The number of carbonyl (C=O) groups excluding carboxylic acids is 3. The van der Waals surface area contributed by atoms with Crippen molar-refractivity contribution in [2.45, 2.75) is 65.7 Å². The molecule has 0 radical (unpaired) electrons. The summed E-state index contributed by atoms with van der Waals surface area (Å²) in [6.45, 7) is 10.1. The van der Waals surface area contributed by atoms with Crippen LogP contribution in [0.25, 0.3) is 0 Å². The van der Waals surface area contributed by atoms with Crippen molar-refractivity contribution in [3.63, 3.8) is 0 Å². The number of pyridine rings is 1. The Labute approximate surface area is 177 Å². The Balaban J connectivity index is 3.25. The van der Waals surface area contributed by atoms with Gasteiger partial charge in [0.1, 0.15) is 18.0 Å². The van der Waals surface area contributed by atoms with Crippen LogP contribution in [0.2, 0.25) is 0 Å². The van der Waals surface area contributed by atoms with Crippen LogP contribution in [0.15, 0.2) is 18.3 Å². The summed E-state index contributed by atoms with van der Waals surface area (Å²) in [5, 5.41) is 13.6. The summed E-state index contributed by atoms with van der Waals surface area (Å²) in [5.41, 5.74) is -0.339. The average molecular weight is 424 g/mol. The molecule has 2 amide bonds. The number of methoxy groups -OCH3 is 1. The van der Waals surface area contributed by atoms with Crippen molar-refractivity contribution in [1.29, 1.82) is 0 Å². The van der Waals surface area contributed by atoms with Crippen LogP contribution in [0.1, 0.15) is 59.6 Å². The highest BCUT2D eigenvalue weighted by Gasteiger charge is 2.28. The van der Waals surface area contributed by atoms with E-state index in [9.17, 15) is 19.5 Å². The van der Waals surface area contributed by atoms with Crippen LogP contribution in [0, 0.1) is 5.92 Å². The van der Waals surface area contributed by atoms with Crippen molar-refractivity contribution in [2.75, 3.05) is 18.6 Å². The molecule has 1 aromatic rings. The van der Waals surface area contributed by atoms with Crippen LogP contribution in [-0.2, 0) is 19.1 Å². The molecule has 0 saturated heterocycles. The van der Waals surface area contributed by atoms with Crippen molar-refractivity contribution in [1.82, 2.24) is 10.3 Å². The van der Waals surface area contributed by atoms with Crippen LogP contribution in [0.5, 0.6) is 0 Å². The van der Waals surface area contributed by atoms with E-state index in [4.69, 9.17) is 4.74 Å². The molecule has 0 spiro atoms. The Morgan fingerprint density at radius 3 is 2.40 bits per heavy atom. The molecule has 0 aliphatic carbocycles. The van der Waals surface area contributed by atoms with Crippen LogP contribution in [0.4, 0.5) is 10.6 Å². The van der Waals surface area contributed by atoms with Crippen LogP contribution < -0.4 is 10.2 Å². The number of nitrogens with one attached hydrogen (secondary N) is 1. The molecule has 0 saturated carbocycles. The van der Waals surface area contributed by atoms with E-state index in [0.717, 1.165) is 4.90 Å². The Morgan fingerprint density at radius 2 is 1.90 bits per heavy atom. The second-order valence-electron chi connectivity index (χ2n) is 8.47. The standard InChI is InChI=1S/C21H33N3O6/c1-13(2)10-16(23-14(3)25)19(27)15-8-9-22-17(11-15)24(12-18(26)29-7)20(28)30-21(4,5)6/h8-9,11,13,16,19,27H,10,12H2,1-7H3,(H,23,25)/t16-,19?/m0/s1. The third kappa shape index (κ3) is 8.36. The third-order valence-electron chi connectivity index (χ3n) is 4.01. The van der Waals surface area contributed by atoms with E-state index >= 15 is 0 Å². The van der Waals surface area contributed by atoms with Crippen molar-refractivity contribution in [2.24, 2.45) is 5.92 Å². The molecule has 1 heterocycles. The van der Waals surface area contributed by atoms with Gasteiger partial charge in [0.25, 0.3) is 0 Å². The van der Waals surface area contributed by atoms with E-state index in [1.807, 2.05) is 13.8 Å². The maximum absolute atomic E-state index is 12.7. The molecule has 0 fully saturated rings. The Kier molecular flexibility index (Phi) is 9.22. The molecule has 1 rings (SSSR count). The summed E-state index contributed by atoms with van der Waals surface area (Å²) in [5.74, 6) is -0.549. The van der Waals surface area contributed by atoms with E-state index in [2.05, 4.69) is 15.0 Å². The van der Waals surface area contributed by atoms with Gasteiger partial charge in [-0.05, 0) is 50.8 Å². The fourth-order valence-electron chi connectivity index (χ4n) is 2.78. The van der Waals surface area contributed by atoms with Gasteiger partial charge >= 0.3 is 12.1 Å². The number of aromatic nitrogens is 1. The molecule has 0 aliphatic rings. The lowest BCUT2D eigenvalue weighted by Gasteiger charge is -2.28. The highest BCUT2D eigenvalue weighted by atomic mass is 16.6. The number of anilines is 1. The van der Waals surface area contributed by atoms with Gasteiger partial charge in [-0.15, -0.1) is 0 Å². The zero-order valence-corrected chi connectivity index (χ0v) is 18.8. The number of hydrogen-bond acceptors (Lipinski definition) is 7. The first-order valence-electron chi connectivity index (χ1n) is 9.82. The second kappa shape index (κ2) is 10.9. The minimum atomic E-state index is -1.03. The molecule has 2 N–H and O–H groups in total. The fourth-order valence-corrected chi connectivity index (χ4v) is 2.78. The van der Waals surface area contributed by atoms with Crippen molar-refractivity contribution in [3.05, 3.63) is 23.9 Å². The SMILES string of the molecule is COC(=O)CN(C(=O)OC(C)(C)C)c1cc(C(O)[C@H](CC(C)C)NC(C)=O)ccn1. The summed E-state index contributed by atoms with van der Waals surface area (Å²) in [4.78, 5) is 41.3. The minimum Gasteiger partial charge on any atom is -0.468 e. The fraction of sp³-hybridized carbons (Fsp3) is 0.619. The molecule has 1 aromatic heterocycles. The summed E-state index contributed by atoms with van der Waals surface area (Å²) in [6, 6.07) is 2.56. The second-order valence-corrected chi connectivity index (χ2v) is 8.47. The van der Waals surface area contributed by atoms with Gasteiger partial charge in [-0.1, -0.05) is 13.8 Å². The number of aliphatic hydroxyl groups excluding tert-OH is 1. The molecule has 0 bridgehead atoms. The maximum atomic E-state index is 12.7. The lowest BCUT2D eigenvalue weighted by atomic mass is 9.95. The highest BCUT2D eigenvalue weighted by Crippen LogP contribution is 2.25. The first-order chi connectivity index (χ1) is 13.8. The van der Waals surface area contributed by atoms with Gasteiger partial charge in [0.05, 0.1) is 19.3 Å². The Hall–Kier alpha value is -2.68. The van der Waals surface area contributed by atoms with E-state index in [0.29, 0.717) is 12.0 Å². The topological polar surface area (TPSA) is 118 Å². The molecule has 9 nitrogen and oxygen atoms in total. The van der Waals surface area contributed by atoms with Gasteiger partial charge < -0.3 is 19.9 Å². The molecule has 2 atom stereocenters. The van der Waals surface area contributed by atoms with Gasteiger partial charge in [-0.3, -0.25) is 14.5 Å². The zero-order chi connectivity index (χ0) is 23.1. The molecule has 9 heteroatoms. The number of rotatable bonds is 8. The van der Waals surface area contributed by atoms with E-state index in [1.165, 1.54) is 26.3 Å². The number of carbonyl (C=O) groups is 3. The van der Waals surface area contributed by atoms with E-state index in [-0.39, 0.29) is 17.6 Å². The molecule has 168 valence electrons. The summed E-state index contributed by atoms with van der Waals surface area (Å²) < 4.78 is 10.0. The smallest absolute Gasteiger partial charge is 0.416 e. The molecular formula is C21H33N3O6. The largest absolute Gasteiger partial charge is 0.468 e. The molecular weight excluding hydrogens is 390 g/mol. The van der Waals surface area contributed by atoms with Crippen LogP contribution >= 0.6 is 0 Å². The normalized spacial score (nSPS) is 13.4. The van der Waals surface area contributed by atoms with Crippen molar-refractivity contribution < 1.29 is 29.0 Å². The highest BCUT2D eigenvalue weighted by molar-refractivity contribution is 5.92. The predicted molar refractivity (Wildman–Crippen MR) is 112 cm³/mol. The van der Waals surface area contributed by atoms with Gasteiger partial charge in [0.15, 0.2) is 0 Å². The van der Waals surface area contributed by atoms with Crippen molar-refractivity contribution in [3.8, 4) is 0 Å². The monoisotopic (exact) mass is 423 g/mol. The number of ether oxygens (including phenoxy) is 2. The molecule has 0 aromatic carbocycles. The predicted octanol–water partition coefficient (Wildman–Crippen LogP) is 2.58. The van der Waals surface area contributed by atoms with Gasteiger partial charge in [-0.25, -0.2) is 9.78 Å². The molecule has 30 heavy (non-hydrogen) atoms. The molecule has 1 unspecified atom stereocenters. The number of esters is 1. The Bertz CT molecular complexity index is 745. The van der Waals surface area contributed by atoms with Gasteiger partial charge in [0, 0.05) is 13.1 Å². The van der Waals surface area contributed by atoms with Gasteiger partial charge in [-0.2, -0.15) is 0 Å². The van der Waals surface area contributed by atoms with E-state index in [1.54, 1.807) is 26.8 Å². The lowest BCUT2D eigenvalue weighted by Crippen LogP contribution is -2.41. The third-order valence-corrected chi connectivity index (χ3v) is 4.01. The minimum absolute atomic E-state index is 0.123. The summed E-state index contributed by atoms with van der Waals surface area (Å²) >= 11 is 0. The first-order valence-corrected chi connectivity index (χ1v) is 9.82. The van der Waals surface area contributed by atoms with Crippen molar-refractivity contribution >= 4 is 23.8 Å². The van der Waals surface area contributed by atoms with Gasteiger partial charge in [0.2, 0.25) is 5.91 Å². The zero-order valence-electron chi connectivity index (χ0n) is 18.8. The number of aliphatic hydroxyl groups is 1. The number of hydrogen-bond donors (Lipinski definition) is 2. The Morgan fingerprint density at radius 1 is 1.27 bits per heavy atom. The number of amides is 2. The first kappa shape index (κ1) is 25.4. The summed E-state index contributed by atoms with van der Waals surface area (Å²) in [6.07, 6.45) is 0.170. The van der Waals surface area contributed by atoms with E-state index < -0.39 is 36.4 Å². The van der Waals surface area contributed by atoms with Crippen LogP contribution in [-0.4, -0.2) is 53.4 Å². The maximum Gasteiger partial charge on any atom is 0.416 e. The molecule has 0 aliphatic heterocycles.